The Kier molecular flexibility index (Phi) is 4.00. The van der Waals surface area contributed by atoms with Crippen molar-refractivity contribution in [3.05, 3.63) is 24.3 Å². The zero-order chi connectivity index (χ0) is 8.15. The fourth-order valence-electron chi connectivity index (χ4n) is 0.580. The van der Waals surface area contributed by atoms with Crippen molar-refractivity contribution in [3.8, 4) is 0 Å². The summed E-state index contributed by atoms with van der Waals surface area (Å²) in [6.07, 6.45) is -0.151. The van der Waals surface area contributed by atoms with Crippen LogP contribution in [-0.4, -0.2) is 22.9 Å². The fraction of sp³-hybridized carbons (Fsp3) is 0.500. The molecule has 10 heavy (non-hydrogen) atoms. The zero-order valence-corrected chi connectivity index (χ0v) is 6.30. The quantitative estimate of drug-likeness (QED) is 0.571. The fourth-order valence-corrected chi connectivity index (χ4v) is 0.580. The second-order valence-electron chi connectivity index (χ2n) is 2.49. The number of aliphatic hydroxyl groups excluding tert-OH is 2. The summed E-state index contributed by atoms with van der Waals surface area (Å²) >= 11 is 0. The van der Waals surface area contributed by atoms with E-state index in [2.05, 4.69) is 13.2 Å². The predicted molar refractivity (Wildman–Crippen MR) is 41.7 cm³/mol. The smallest absolute Gasteiger partial charge is 0.0806 e. The molecule has 0 fully saturated rings. The number of hydrogen-bond acceptors (Lipinski definition) is 2. The van der Waals surface area contributed by atoms with Gasteiger partial charge in [0.05, 0.1) is 12.7 Å². The van der Waals surface area contributed by atoms with Crippen LogP contribution in [0, 0.1) is 0 Å². The Morgan fingerprint density at radius 2 is 2.00 bits per heavy atom. The lowest BCUT2D eigenvalue weighted by molar-refractivity contribution is 0.188. The molecule has 2 heteroatoms. The Bertz CT molecular complexity index is 138. The maximum atomic E-state index is 9.17. The molecular weight excluding hydrogens is 128 g/mol. The summed E-state index contributed by atoms with van der Waals surface area (Å²) in [6.45, 7) is 8.78. The maximum Gasteiger partial charge on any atom is 0.0806 e. The minimum Gasteiger partial charge on any atom is -0.392 e. The lowest BCUT2D eigenvalue weighted by Crippen LogP contribution is -2.12. The van der Waals surface area contributed by atoms with Crippen molar-refractivity contribution < 1.29 is 10.2 Å². The van der Waals surface area contributed by atoms with Gasteiger partial charge in [-0.05, 0) is 18.9 Å². The van der Waals surface area contributed by atoms with Gasteiger partial charge in [-0.15, -0.1) is 6.58 Å². The van der Waals surface area contributed by atoms with Crippen LogP contribution in [0.3, 0.4) is 0 Å². The highest BCUT2D eigenvalue weighted by molar-refractivity contribution is 5.06. The van der Waals surface area contributed by atoms with Crippen molar-refractivity contribution in [1.82, 2.24) is 0 Å². The average Bonchev–Trinajstić information content (AvgIpc) is 1.85. The molecule has 0 amide bonds. The molecule has 0 bridgehead atoms. The van der Waals surface area contributed by atoms with E-state index in [0.717, 1.165) is 5.57 Å². The van der Waals surface area contributed by atoms with Crippen LogP contribution in [0.1, 0.15) is 13.3 Å². The molecule has 0 heterocycles. The normalized spacial score (nSPS) is 12.7. The van der Waals surface area contributed by atoms with Crippen LogP contribution >= 0.6 is 0 Å². The largest absolute Gasteiger partial charge is 0.392 e. The second kappa shape index (κ2) is 4.25. The Morgan fingerprint density at radius 3 is 2.30 bits per heavy atom. The van der Waals surface area contributed by atoms with Gasteiger partial charge in [-0.1, -0.05) is 12.2 Å². The van der Waals surface area contributed by atoms with E-state index in [0.29, 0.717) is 12.0 Å². The van der Waals surface area contributed by atoms with Crippen LogP contribution in [-0.2, 0) is 0 Å². The van der Waals surface area contributed by atoms with Gasteiger partial charge in [-0.25, -0.2) is 0 Å². The van der Waals surface area contributed by atoms with Gasteiger partial charge in [0.15, 0.2) is 0 Å². The van der Waals surface area contributed by atoms with Crippen LogP contribution < -0.4 is 0 Å². The highest BCUT2D eigenvalue weighted by Gasteiger charge is 2.06. The lowest BCUT2D eigenvalue weighted by Gasteiger charge is -2.10. The summed E-state index contributed by atoms with van der Waals surface area (Å²) in [5, 5.41) is 17.7. The summed E-state index contributed by atoms with van der Waals surface area (Å²) < 4.78 is 0. The first-order valence-electron chi connectivity index (χ1n) is 3.19. The van der Waals surface area contributed by atoms with Gasteiger partial charge in [0.1, 0.15) is 0 Å². The van der Waals surface area contributed by atoms with E-state index < -0.39 is 6.10 Å². The van der Waals surface area contributed by atoms with Crippen molar-refractivity contribution >= 4 is 0 Å². The molecule has 0 saturated heterocycles. The van der Waals surface area contributed by atoms with Crippen molar-refractivity contribution in [2.45, 2.75) is 19.4 Å². The van der Waals surface area contributed by atoms with Crippen LogP contribution in [0.2, 0.25) is 0 Å². The summed E-state index contributed by atoms with van der Waals surface area (Å²) in [5.41, 5.74) is 1.34. The van der Waals surface area contributed by atoms with E-state index in [4.69, 9.17) is 10.2 Å². The highest BCUT2D eigenvalue weighted by atomic mass is 16.3. The van der Waals surface area contributed by atoms with E-state index in [1.165, 1.54) is 0 Å². The molecule has 0 saturated carbocycles. The van der Waals surface area contributed by atoms with Crippen molar-refractivity contribution in [1.29, 1.82) is 0 Å². The zero-order valence-electron chi connectivity index (χ0n) is 6.30. The summed E-state index contributed by atoms with van der Waals surface area (Å²) in [7, 11) is 0. The van der Waals surface area contributed by atoms with Gasteiger partial charge in [0, 0.05) is 0 Å². The minimum absolute atomic E-state index is 0.158. The van der Waals surface area contributed by atoms with Gasteiger partial charge < -0.3 is 10.2 Å². The molecule has 0 aliphatic heterocycles. The number of rotatable bonds is 4. The van der Waals surface area contributed by atoms with Crippen molar-refractivity contribution in [3.63, 3.8) is 0 Å². The predicted octanol–water partition coefficient (Wildman–Crippen LogP) is 0.862. The lowest BCUT2D eigenvalue weighted by atomic mass is 10.1. The molecule has 1 atom stereocenters. The average molecular weight is 142 g/mol. The second-order valence-corrected chi connectivity index (χ2v) is 2.49. The van der Waals surface area contributed by atoms with E-state index >= 15 is 0 Å². The third-order valence-corrected chi connectivity index (χ3v) is 1.22. The van der Waals surface area contributed by atoms with Crippen molar-refractivity contribution in [2.24, 2.45) is 0 Å². The summed E-state index contributed by atoms with van der Waals surface area (Å²) in [5.74, 6) is 0. The van der Waals surface area contributed by atoms with Crippen LogP contribution in [0.25, 0.3) is 0 Å². The molecule has 2 nitrogen and oxygen atoms in total. The Hall–Kier alpha value is -0.600. The van der Waals surface area contributed by atoms with Gasteiger partial charge in [-0.2, -0.15) is 0 Å². The molecule has 0 spiro atoms. The minimum atomic E-state index is -0.637. The molecule has 0 unspecified atom stereocenters. The number of aliphatic hydroxyl groups is 2. The first kappa shape index (κ1) is 9.40. The molecule has 2 N–H and O–H groups in total. The number of hydrogen-bond donors (Lipinski definition) is 2. The molecule has 0 aliphatic rings. The van der Waals surface area contributed by atoms with E-state index in [9.17, 15) is 0 Å². The molecule has 0 radical (unpaired) electrons. The SMILES string of the molecule is C=C(C)C[C@H](O)C(=C)CO. The highest BCUT2D eigenvalue weighted by Crippen LogP contribution is 2.08. The topological polar surface area (TPSA) is 40.5 Å². The van der Waals surface area contributed by atoms with Crippen LogP contribution in [0.5, 0.6) is 0 Å². The maximum absolute atomic E-state index is 9.17. The van der Waals surface area contributed by atoms with Gasteiger partial charge in [-0.3, -0.25) is 0 Å². The van der Waals surface area contributed by atoms with E-state index in [1.54, 1.807) is 0 Å². The molecule has 0 aromatic rings. The monoisotopic (exact) mass is 142 g/mol. The van der Waals surface area contributed by atoms with Gasteiger partial charge in [0.2, 0.25) is 0 Å². The molecule has 0 rings (SSSR count). The van der Waals surface area contributed by atoms with Gasteiger partial charge in [0.25, 0.3) is 0 Å². The molecule has 0 aliphatic carbocycles. The Labute approximate surface area is 61.5 Å². The third kappa shape index (κ3) is 3.43. The molecular formula is C8H14O2. The first-order chi connectivity index (χ1) is 4.57. The standard InChI is InChI=1S/C8H14O2/c1-6(2)4-8(10)7(3)5-9/h8-10H,1,3-5H2,2H3/t8-/m0/s1. The first-order valence-corrected chi connectivity index (χ1v) is 3.19. The van der Waals surface area contributed by atoms with Gasteiger partial charge >= 0.3 is 0 Å². The summed E-state index contributed by atoms with van der Waals surface area (Å²) in [6, 6.07) is 0. The van der Waals surface area contributed by atoms with Crippen LogP contribution in [0.15, 0.2) is 24.3 Å². The Balaban J connectivity index is 3.72. The third-order valence-electron chi connectivity index (χ3n) is 1.22. The molecule has 0 aromatic heterocycles. The molecule has 0 aromatic carbocycles. The van der Waals surface area contributed by atoms with Crippen molar-refractivity contribution in [2.75, 3.05) is 6.61 Å². The van der Waals surface area contributed by atoms with Crippen LogP contribution in [0.4, 0.5) is 0 Å². The van der Waals surface area contributed by atoms with E-state index in [-0.39, 0.29) is 6.61 Å². The summed E-state index contributed by atoms with van der Waals surface area (Å²) in [4.78, 5) is 0. The Morgan fingerprint density at radius 1 is 1.50 bits per heavy atom. The van der Waals surface area contributed by atoms with E-state index in [1.807, 2.05) is 6.92 Å². The molecule has 58 valence electrons.